The zero-order chi connectivity index (χ0) is 12.3. The van der Waals surface area contributed by atoms with Crippen LogP contribution in [-0.2, 0) is 6.42 Å². The van der Waals surface area contributed by atoms with Crippen molar-refractivity contribution in [3.63, 3.8) is 0 Å². The smallest absolute Gasteiger partial charge is 0.0595 e. The first kappa shape index (κ1) is 13.2. The maximum atomic E-state index is 6.24. The Morgan fingerprint density at radius 3 is 2.53 bits per heavy atom. The van der Waals surface area contributed by atoms with Gasteiger partial charge < -0.3 is 5.73 Å². The quantitative estimate of drug-likeness (QED) is 0.861. The minimum atomic E-state index is 0.340. The molecule has 0 saturated heterocycles. The van der Waals surface area contributed by atoms with E-state index in [1.54, 1.807) is 0 Å². The topological polar surface area (TPSA) is 26.0 Å². The summed E-state index contributed by atoms with van der Waals surface area (Å²) in [4.78, 5) is 0. The zero-order valence-electron chi connectivity index (χ0n) is 9.96. The summed E-state index contributed by atoms with van der Waals surface area (Å²) in [6, 6.07) is 6.19. The second kappa shape index (κ2) is 6.08. The Balaban J connectivity index is 1.86. The van der Waals surface area contributed by atoms with Crippen molar-refractivity contribution >= 4 is 23.2 Å². The molecule has 1 unspecified atom stereocenters. The minimum absolute atomic E-state index is 0.340. The van der Waals surface area contributed by atoms with Gasteiger partial charge >= 0.3 is 0 Å². The molecule has 0 bridgehead atoms. The molecule has 3 heteroatoms. The summed E-state index contributed by atoms with van der Waals surface area (Å²) in [5.74, 6) is 0.734. The number of hydrogen-bond donors (Lipinski definition) is 1. The SMILES string of the molecule is NC(CCc1ccc(Cl)c(Cl)c1)C1CCCC1. The van der Waals surface area contributed by atoms with Gasteiger partial charge in [0, 0.05) is 6.04 Å². The molecule has 1 aliphatic rings. The molecule has 1 aromatic rings. The summed E-state index contributed by atoms with van der Waals surface area (Å²) < 4.78 is 0. The molecule has 1 saturated carbocycles. The van der Waals surface area contributed by atoms with Crippen LogP contribution in [0.4, 0.5) is 0 Å². The number of hydrogen-bond acceptors (Lipinski definition) is 1. The van der Waals surface area contributed by atoms with Gasteiger partial charge in [-0.15, -0.1) is 0 Å². The summed E-state index contributed by atoms with van der Waals surface area (Å²) in [7, 11) is 0. The lowest BCUT2D eigenvalue weighted by atomic mass is 9.93. The lowest BCUT2D eigenvalue weighted by Gasteiger charge is -2.18. The van der Waals surface area contributed by atoms with Gasteiger partial charge in [0.15, 0.2) is 0 Å². The molecule has 0 aliphatic heterocycles. The van der Waals surface area contributed by atoms with E-state index in [9.17, 15) is 0 Å². The van der Waals surface area contributed by atoms with Crippen LogP contribution in [0.15, 0.2) is 18.2 Å². The molecule has 17 heavy (non-hydrogen) atoms. The summed E-state index contributed by atoms with van der Waals surface area (Å²) in [5.41, 5.74) is 7.47. The van der Waals surface area contributed by atoms with Gasteiger partial charge in [-0.1, -0.05) is 42.1 Å². The van der Waals surface area contributed by atoms with E-state index in [1.807, 2.05) is 18.2 Å². The first-order valence-electron chi connectivity index (χ1n) is 6.36. The van der Waals surface area contributed by atoms with Crippen molar-refractivity contribution in [3.8, 4) is 0 Å². The molecule has 0 radical (unpaired) electrons. The third-order valence-corrected chi connectivity index (χ3v) is 4.49. The summed E-state index contributed by atoms with van der Waals surface area (Å²) in [5, 5.41) is 1.26. The van der Waals surface area contributed by atoms with Crippen LogP contribution in [0.5, 0.6) is 0 Å². The number of halogens is 2. The Morgan fingerprint density at radius 1 is 1.18 bits per heavy atom. The van der Waals surface area contributed by atoms with E-state index in [2.05, 4.69) is 0 Å². The molecule has 94 valence electrons. The van der Waals surface area contributed by atoms with Gasteiger partial charge in [0.25, 0.3) is 0 Å². The van der Waals surface area contributed by atoms with Crippen molar-refractivity contribution in [2.75, 3.05) is 0 Å². The fourth-order valence-electron chi connectivity index (χ4n) is 2.65. The van der Waals surface area contributed by atoms with Crippen LogP contribution < -0.4 is 5.73 Å². The third kappa shape index (κ3) is 3.61. The van der Waals surface area contributed by atoms with E-state index in [-0.39, 0.29) is 0 Å². The lowest BCUT2D eigenvalue weighted by Crippen LogP contribution is -2.28. The molecule has 0 amide bonds. The Morgan fingerprint density at radius 2 is 1.88 bits per heavy atom. The van der Waals surface area contributed by atoms with Gasteiger partial charge in [-0.3, -0.25) is 0 Å². The first-order valence-corrected chi connectivity index (χ1v) is 7.12. The van der Waals surface area contributed by atoms with Crippen molar-refractivity contribution < 1.29 is 0 Å². The predicted octanol–water partition coefficient (Wildman–Crippen LogP) is 4.44. The molecule has 0 spiro atoms. The molecule has 0 heterocycles. The predicted molar refractivity (Wildman–Crippen MR) is 74.7 cm³/mol. The molecule has 2 N–H and O–H groups in total. The maximum absolute atomic E-state index is 6.24. The van der Waals surface area contributed by atoms with Crippen LogP contribution in [-0.4, -0.2) is 6.04 Å². The van der Waals surface area contributed by atoms with Crippen LogP contribution in [0.2, 0.25) is 10.0 Å². The van der Waals surface area contributed by atoms with Crippen molar-refractivity contribution in [2.24, 2.45) is 11.7 Å². The highest BCUT2D eigenvalue weighted by atomic mass is 35.5. The van der Waals surface area contributed by atoms with E-state index in [0.29, 0.717) is 16.1 Å². The van der Waals surface area contributed by atoms with Crippen molar-refractivity contribution in [1.82, 2.24) is 0 Å². The Hall–Kier alpha value is -0.240. The van der Waals surface area contributed by atoms with Crippen molar-refractivity contribution in [1.29, 1.82) is 0 Å². The fourth-order valence-corrected chi connectivity index (χ4v) is 2.97. The van der Waals surface area contributed by atoms with Crippen molar-refractivity contribution in [2.45, 2.75) is 44.6 Å². The Labute approximate surface area is 113 Å². The summed E-state index contributed by atoms with van der Waals surface area (Å²) in [6.45, 7) is 0. The molecular weight excluding hydrogens is 253 g/mol. The highest BCUT2D eigenvalue weighted by Crippen LogP contribution is 2.29. The minimum Gasteiger partial charge on any atom is -0.327 e. The monoisotopic (exact) mass is 271 g/mol. The lowest BCUT2D eigenvalue weighted by molar-refractivity contribution is 0.410. The van der Waals surface area contributed by atoms with Gasteiger partial charge in [-0.05, 0) is 49.3 Å². The maximum Gasteiger partial charge on any atom is 0.0595 e. The zero-order valence-corrected chi connectivity index (χ0v) is 11.5. The normalized spacial score (nSPS) is 18.5. The molecule has 1 aliphatic carbocycles. The molecule has 1 atom stereocenters. The van der Waals surface area contributed by atoms with Gasteiger partial charge in [0.1, 0.15) is 0 Å². The van der Waals surface area contributed by atoms with Crippen molar-refractivity contribution in [3.05, 3.63) is 33.8 Å². The molecule has 1 aromatic carbocycles. The third-order valence-electron chi connectivity index (χ3n) is 3.76. The first-order chi connectivity index (χ1) is 8.16. The summed E-state index contributed by atoms with van der Waals surface area (Å²) in [6.07, 6.45) is 7.36. The number of nitrogens with two attached hydrogens (primary N) is 1. The van der Waals surface area contributed by atoms with E-state index >= 15 is 0 Å². The van der Waals surface area contributed by atoms with Gasteiger partial charge in [0.2, 0.25) is 0 Å². The van der Waals surface area contributed by atoms with Gasteiger partial charge in [-0.2, -0.15) is 0 Å². The molecule has 2 rings (SSSR count). The van der Waals surface area contributed by atoms with E-state index in [0.717, 1.165) is 18.8 Å². The summed E-state index contributed by atoms with van der Waals surface area (Å²) >= 11 is 11.9. The largest absolute Gasteiger partial charge is 0.327 e. The molecule has 1 nitrogen and oxygen atoms in total. The standard InChI is InChI=1S/C14H19Cl2N/c15-12-7-5-10(9-13(12)16)6-8-14(17)11-3-1-2-4-11/h5,7,9,11,14H,1-4,6,8,17H2. The second-order valence-electron chi connectivity index (χ2n) is 5.00. The van der Waals surface area contributed by atoms with Gasteiger partial charge in [-0.25, -0.2) is 0 Å². The Bertz CT molecular complexity index is 372. The van der Waals surface area contributed by atoms with E-state index in [1.165, 1.54) is 31.2 Å². The number of benzene rings is 1. The van der Waals surface area contributed by atoms with Crippen LogP contribution >= 0.6 is 23.2 Å². The number of aryl methyl sites for hydroxylation is 1. The number of rotatable bonds is 4. The second-order valence-corrected chi connectivity index (χ2v) is 5.81. The highest BCUT2D eigenvalue weighted by Gasteiger charge is 2.21. The van der Waals surface area contributed by atoms with Crippen LogP contribution in [0.3, 0.4) is 0 Å². The molecular formula is C14H19Cl2N. The molecule has 1 fully saturated rings. The van der Waals surface area contributed by atoms with Crippen LogP contribution in [0.25, 0.3) is 0 Å². The van der Waals surface area contributed by atoms with Crippen LogP contribution in [0, 0.1) is 5.92 Å². The van der Waals surface area contributed by atoms with Gasteiger partial charge in [0.05, 0.1) is 10.0 Å². The average Bonchev–Trinajstić information content (AvgIpc) is 2.84. The Kier molecular flexibility index (Phi) is 4.72. The van der Waals surface area contributed by atoms with E-state index < -0.39 is 0 Å². The highest BCUT2D eigenvalue weighted by molar-refractivity contribution is 6.42. The average molecular weight is 272 g/mol. The molecule has 0 aromatic heterocycles. The van der Waals surface area contributed by atoms with E-state index in [4.69, 9.17) is 28.9 Å². The fraction of sp³-hybridized carbons (Fsp3) is 0.571. The van der Waals surface area contributed by atoms with Crippen LogP contribution in [0.1, 0.15) is 37.7 Å².